The minimum atomic E-state index is -0.441. The summed E-state index contributed by atoms with van der Waals surface area (Å²) < 4.78 is 16.5. The van der Waals surface area contributed by atoms with Crippen molar-refractivity contribution in [2.24, 2.45) is 0 Å². The van der Waals surface area contributed by atoms with Gasteiger partial charge in [0, 0.05) is 16.1 Å². The van der Waals surface area contributed by atoms with Crippen LogP contribution >= 0.6 is 11.3 Å². The van der Waals surface area contributed by atoms with Crippen LogP contribution in [0.25, 0.3) is 6.08 Å². The predicted molar refractivity (Wildman–Crippen MR) is 137 cm³/mol. The maximum absolute atomic E-state index is 13.1. The predicted octanol–water partition coefficient (Wildman–Crippen LogP) is 5.50. The first-order chi connectivity index (χ1) is 17.1. The molecular weight excluding hydrogens is 464 g/mol. The second-order valence-electron chi connectivity index (χ2n) is 8.10. The molecule has 0 radical (unpaired) electrons. The lowest BCUT2D eigenvalue weighted by atomic mass is 10.1. The van der Waals surface area contributed by atoms with Crippen LogP contribution in [0.5, 0.6) is 17.2 Å². The third-order valence-corrected chi connectivity index (χ3v) is 6.50. The van der Waals surface area contributed by atoms with Crippen molar-refractivity contribution in [1.82, 2.24) is 5.32 Å². The summed E-state index contributed by atoms with van der Waals surface area (Å²) in [5.74, 6) is 0.844. The topological polar surface area (TPSA) is 85.9 Å². The second kappa shape index (κ2) is 11.6. The standard InChI is InChI=1S/C27H28N2O5S/c1-32-24-14-9-18(16-25(24)33-2)26(30)29-23(17-22-8-5-15-35-22)27(31)28-19-10-12-21(13-11-19)34-20-6-3-4-7-20/h5,8-17,20H,3-4,6-7H2,1-2H3,(H,28,31)(H,29,30)/b23-17-. The normalized spacial score (nSPS) is 13.8. The Morgan fingerprint density at radius 2 is 1.71 bits per heavy atom. The summed E-state index contributed by atoms with van der Waals surface area (Å²) in [6.07, 6.45) is 6.48. The number of rotatable bonds is 9. The van der Waals surface area contributed by atoms with Gasteiger partial charge in [0.1, 0.15) is 11.4 Å². The molecule has 0 bridgehead atoms. The molecule has 1 aromatic heterocycles. The van der Waals surface area contributed by atoms with E-state index in [1.165, 1.54) is 38.4 Å². The lowest BCUT2D eigenvalue weighted by Crippen LogP contribution is -2.30. The number of carbonyl (C=O) groups is 2. The van der Waals surface area contributed by atoms with Gasteiger partial charge in [0.2, 0.25) is 0 Å². The molecule has 1 fully saturated rings. The van der Waals surface area contributed by atoms with Gasteiger partial charge < -0.3 is 24.8 Å². The zero-order valence-corrected chi connectivity index (χ0v) is 20.5. The summed E-state index contributed by atoms with van der Waals surface area (Å²) in [6, 6.07) is 15.9. The smallest absolute Gasteiger partial charge is 0.272 e. The van der Waals surface area contributed by atoms with Gasteiger partial charge in [-0.15, -0.1) is 11.3 Å². The molecule has 1 heterocycles. The summed E-state index contributed by atoms with van der Waals surface area (Å²) in [4.78, 5) is 26.9. The summed E-state index contributed by atoms with van der Waals surface area (Å²) in [5, 5.41) is 7.49. The number of carbonyl (C=O) groups excluding carboxylic acids is 2. The van der Waals surface area contributed by atoms with E-state index in [9.17, 15) is 9.59 Å². The van der Waals surface area contributed by atoms with Gasteiger partial charge in [-0.2, -0.15) is 0 Å². The van der Waals surface area contributed by atoms with Crippen molar-refractivity contribution < 1.29 is 23.8 Å². The SMILES string of the molecule is COc1ccc(C(=O)N/C(=C\c2cccs2)C(=O)Nc2ccc(OC3CCCC3)cc2)cc1OC. The van der Waals surface area contributed by atoms with Crippen LogP contribution in [0.2, 0.25) is 0 Å². The highest BCUT2D eigenvalue weighted by Crippen LogP contribution is 2.28. The van der Waals surface area contributed by atoms with E-state index >= 15 is 0 Å². The summed E-state index contributed by atoms with van der Waals surface area (Å²) in [6.45, 7) is 0. The average molecular weight is 493 g/mol. The fourth-order valence-electron chi connectivity index (χ4n) is 3.86. The van der Waals surface area contributed by atoms with Gasteiger partial charge in [-0.25, -0.2) is 0 Å². The summed E-state index contributed by atoms with van der Waals surface area (Å²) in [5.41, 5.74) is 1.06. The zero-order valence-electron chi connectivity index (χ0n) is 19.7. The lowest BCUT2D eigenvalue weighted by molar-refractivity contribution is -0.113. The maximum Gasteiger partial charge on any atom is 0.272 e. The molecule has 2 amide bonds. The van der Waals surface area contributed by atoms with Gasteiger partial charge in [0.25, 0.3) is 11.8 Å². The highest BCUT2D eigenvalue weighted by atomic mass is 32.1. The van der Waals surface area contributed by atoms with Crippen LogP contribution in [-0.4, -0.2) is 32.1 Å². The molecule has 0 atom stereocenters. The number of nitrogens with one attached hydrogen (secondary N) is 2. The number of hydrogen-bond donors (Lipinski definition) is 2. The molecule has 2 aromatic carbocycles. The van der Waals surface area contributed by atoms with E-state index < -0.39 is 11.8 Å². The Labute approximate surface area is 208 Å². The monoisotopic (exact) mass is 492 g/mol. The van der Waals surface area contributed by atoms with Crippen LogP contribution in [0.15, 0.2) is 65.7 Å². The fraction of sp³-hybridized carbons (Fsp3) is 0.259. The van der Waals surface area contributed by atoms with Gasteiger partial charge in [0.05, 0.1) is 20.3 Å². The van der Waals surface area contributed by atoms with Crippen molar-refractivity contribution in [1.29, 1.82) is 0 Å². The largest absolute Gasteiger partial charge is 0.493 e. The third kappa shape index (κ3) is 6.42. The highest BCUT2D eigenvalue weighted by molar-refractivity contribution is 7.10. The number of amides is 2. The number of thiophene rings is 1. The summed E-state index contributed by atoms with van der Waals surface area (Å²) in [7, 11) is 3.02. The Morgan fingerprint density at radius 1 is 0.971 bits per heavy atom. The second-order valence-corrected chi connectivity index (χ2v) is 9.08. The molecule has 0 saturated heterocycles. The Morgan fingerprint density at radius 3 is 2.37 bits per heavy atom. The van der Waals surface area contributed by atoms with E-state index in [1.807, 2.05) is 29.6 Å². The van der Waals surface area contributed by atoms with Crippen LogP contribution in [0, 0.1) is 0 Å². The number of ether oxygens (including phenoxy) is 3. The molecule has 1 saturated carbocycles. The number of hydrogen-bond acceptors (Lipinski definition) is 6. The minimum Gasteiger partial charge on any atom is -0.493 e. The molecule has 4 rings (SSSR count). The quantitative estimate of drug-likeness (QED) is 0.386. The Kier molecular flexibility index (Phi) is 8.05. The molecule has 0 aliphatic heterocycles. The van der Waals surface area contributed by atoms with Crippen molar-refractivity contribution in [3.63, 3.8) is 0 Å². The third-order valence-electron chi connectivity index (χ3n) is 5.69. The minimum absolute atomic E-state index is 0.124. The molecule has 2 N–H and O–H groups in total. The van der Waals surface area contributed by atoms with Gasteiger partial charge in [0.15, 0.2) is 11.5 Å². The van der Waals surface area contributed by atoms with E-state index in [-0.39, 0.29) is 11.8 Å². The summed E-state index contributed by atoms with van der Waals surface area (Å²) >= 11 is 1.47. The van der Waals surface area contributed by atoms with Crippen LogP contribution < -0.4 is 24.8 Å². The van der Waals surface area contributed by atoms with Crippen LogP contribution in [0.3, 0.4) is 0 Å². The molecule has 1 aliphatic carbocycles. The highest BCUT2D eigenvalue weighted by Gasteiger charge is 2.18. The van der Waals surface area contributed by atoms with E-state index in [4.69, 9.17) is 14.2 Å². The van der Waals surface area contributed by atoms with E-state index in [2.05, 4.69) is 10.6 Å². The molecule has 1 aliphatic rings. The fourth-order valence-corrected chi connectivity index (χ4v) is 4.52. The van der Waals surface area contributed by atoms with Gasteiger partial charge in [-0.3, -0.25) is 9.59 Å². The Bertz CT molecular complexity index is 1180. The molecule has 0 unspecified atom stereocenters. The van der Waals surface area contributed by atoms with E-state index in [0.717, 1.165) is 23.5 Å². The van der Waals surface area contributed by atoms with Gasteiger partial charge >= 0.3 is 0 Å². The lowest BCUT2D eigenvalue weighted by Gasteiger charge is -2.14. The van der Waals surface area contributed by atoms with Crippen molar-refractivity contribution in [3.8, 4) is 17.2 Å². The molecular formula is C27H28N2O5S. The Hall–Kier alpha value is -3.78. The average Bonchev–Trinajstić information content (AvgIpc) is 3.59. The first-order valence-electron chi connectivity index (χ1n) is 11.4. The first-order valence-corrected chi connectivity index (χ1v) is 12.3. The van der Waals surface area contributed by atoms with Crippen molar-refractivity contribution in [3.05, 3.63) is 76.1 Å². The molecule has 8 heteroatoms. The van der Waals surface area contributed by atoms with Crippen LogP contribution in [0.1, 0.15) is 40.9 Å². The van der Waals surface area contributed by atoms with Crippen molar-refractivity contribution in [2.75, 3.05) is 19.5 Å². The molecule has 7 nitrogen and oxygen atoms in total. The van der Waals surface area contributed by atoms with Crippen LogP contribution in [0.4, 0.5) is 5.69 Å². The number of methoxy groups -OCH3 is 2. The zero-order chi connectivity index (χ0) is 24.6. The maximum atomic E-state index is 13.1. The van der Waals surface area contributed by atoms with Crippen LogP contribution in [-0.2, 0) is 4.79 Å². The molecule has 3 aromatic rings. The molecule has 35 heavy (non-hydrogen) atoms. The van der Waals surface area contributed by atoms with Gasteiger partial charge in [-0.05, 0) is 85.7 Å². The number of anilines is 1. The Balaban J connectivity index is 1.48. The van der Waals surface area contributed by atoms with E-state index in [0.29, 0.717) is 22.7 Å². The van der Waals surface area contributed by atoms with Crippen molar-refractivity contribution in [2.45, 2.75) is 31.8 Å². The molecule has 0 spiro atoms. The molecule has 182 valence electrons. The number of benzene rings is 2. The van der Waals surface area contributed by atoms with Gasteiger partial charge in [-0.1, -0.05) is 6.07 Å². The first kappa shape index (κ1) is 24.3. The van der Waals surface area contributed by atoms with Crippen molar-refractivity contribution >= 4 is 34.9 Å². The van der Waals surface area contributed by atoms with E-state index in [1.54, 1.807) is 36.4 Å².